The van der Waals surface area contributed by atoms with Crippen molar-refractivity contribution >= 4 is 33.7 Å². The van der Waals surface area contributed by atoms with E-state index < -0.39 is 16.6 Å². The predicted molar refractivity (Wildman–Crippen MR) is 83.9 cm³/mol. The quantitative estimate of drug-likeness (QED) is 0.482. The number of halogens is 2. The summed E-state index contributed by atoms with van der Waals surface area (Å²) in [5.41, 5.74) is 2.16. The lowest BCUT2D eigenvalue weighted by Crippen LogP contribution is -2.17. The van der Waals surface area contributed by atoms with Crippen molar-refractivity contribution < 1.29 is 19.2 Å². The molecule has 2 N–H and O–H groups in total. The van der Waals surface area contributed by atoms with Crippen molar-refractivity contribution in [3.05, 3.63) is 67.9 Å². The molecule has 0 fully saturated rings. The topological polar surface area (TPSA) is 105 Å². The van der Waals surface area contributed by atoms with E-state index in [1.807, 2.05) is 0 Å². The molecule has 0 heterocycles. The zero-order valence-electron chi connectivity index (χ0n) is 11.4. The van der Waals surface area contributed by atoms with Crippen molar-refractivity contribution in [1.82, 2.24) is 5.43 Å². The van der Waals surface area contributed by atoms with Crippen LogP contribution in [0.3, 0.4) is 0 Å². The monoisotopic (exact) mass is 381 g/mol. The highest BCUT2D eigenvalue weighted by atomic mass is 79.9. The van der Waals surface area contributed by atoms with Gasteiger partial charge in [0.25, 0.3) is 11.6 Å². The van der Waals surface area contributed by atoms with Gasteiger partial charge in [0.15, 0.2) is 0 Å². The fraction of sp³-hybridized carbons (Fsp3) is 0. The van der Waals surface area contributed by atoms with Crippen LogP contribution in [0.25, 0.3) is 0 Å². The number of nitrogens with zero attached hydrogens (tertiary/aromatic N) is 2. The highest BCUT2D eigenvalue weighted by Crippen LogP contribution is 2.31. The molecule has 7 nitrogen and oxygen atoms in total. The van der Waals surface area contributed by atoms with Crippen LogP contribution in [-0.4, -0.2) is 22.2 Å². The highest BCUT2D eigenvalue weighted by Gasteiger charge is 2.13. The maximum atomic E-state index is 12.8. The number of nitrogens with one attached hydrogen (secondary N) is 1. The summed E-state index contributed by atoms with van der Waals surface area (Å²) in [6.45, 7) is 0. The maximum absolute atomic E-state index is 12.8. The molecule has 23 heavy (non-hydrogen) atoms. The van der Waals surface area contributed by atoms with Crippen LogP contribution in [-0.2, 0) is 0 Å². The maximum Gasteiger partial charge on any atom is 0.271 e. The second-order valence-corrected chi connectivity index (χ2v) is 5.18. The van der Waals surface area contributed by atoms with Crippen molar-refractivity contribution in [3.63, 3.8) is 0 Å². The molecule has 0 saturated carbocycles. The Hall–Kier alpha value is -2.81. The molecular weight excluding hydrogens is 373 g/mol. The first-order chi connectivity index (χ1) is 10.9. The number of hydrogen-bond acceptors (Lipinski definition) is 5. The second kappa shape index (κ2) is 6.97. The Labute approximate surface area is 137 Å². The van der Waals surface area contributed by atoms with E-state index in [1.165, 1.54) is 12.1 Å². The van der Waals surface area contributed by atoms with Crippen LogP contribution in [0.2, 0.25) is 0 Å². The van der Waals surface area contributed by atoms with Crippen LogP contribution in [0.4, 0.5) is 10.1 Å². The highest BCUT2D eigenvalue weighted by molar-refractivity contribution is 9.10. The van der Waals surface area contributed by atoms with E-state index in [4.69, 9.17) is 0 Å². The van der Waals surface area contributed by atoms with Crippen molar-refractivity contribution in [2.24, 2.45) is 5.10 Å². The number of benzene rings is 2. The summed E-state index contributed by atoms with van der Waals surface area (Å²) in [6.07, 6.45) is 1.06. The van der Waals surface area contributed by atoms with Gasteiger partial charge in [0.05, 0.1) is 15.6 Å². The molecule has 2 aromatic rings. The van der Waals surface area contributed by atoms with E-state index in [2.05, 4.69) is 26.5 Å². The smallest absolute Gasteiger partial charge is 0.271 e. The van der Waals surface area contributed by atoms with Gasteiger partial charge < -0.3 is 5.11 Å². The lowest BCUT2D eigenvalue weighted by atomic mass is 10.2. The third kappa shape index (κ3) is 4.10. The molecule has 0 spiro atoms. The van der Waals surface area contributed by atoms with Crippen molar-refractivity contribution in [1.29, 1.82) is 0 Å². The van der Waals surface area contributed by atoms with Gasteiger partial charge in [0.2, 0.25) is 0 Å². The Kier molecular flexibility index (Phi) is 5.02. The van der Waals surface area contributed by atoms with Gasteiger partial charge in [-0.3, -0.25) is 14.9 Å². The minimum Gasteiger partial charge on any atom is -0.506 e. The molecule has 0 aliphatic carbocycles. The Morgan fingerprint density at radius 3 is 2.61 bits per heavy atom. The van der Waals surface area contributed by atoms with Gasteiger partial charge in [-0.2, -0.15) is 5.10 Å². The second-order valence-electron chi connectivity index (χ2n) is 4.33. The number of carbonyl (C=O) groups is 1. The Balaban J connectivity index is 2.15. The average molecular weight is 382 g/mol. The summed E-state index contributed by atoms with van der Waals surface area (Å²) in [6, 6.07) is 7.06. The number of carbonyl (C=O) groups excluding carboxylic acids is 1. The fourth-order valence-electron chi connectivity index (χ4n) is 1.64. The number of phenols is 1. The zero-order chi connectivity index (χ0) is 17.0. The van der Waals surface area contributed by atoms with Crippen molar-refractivity contribution in [2.75, 3.05) is 0 Å². The van der Waals surface area contributed by atoms with Gasteiger partial charge in [-0.15, -0.1) is 0 Å². The number of hydrogen-bond donors (Lipinski definition) is 2. The molecule has 0 bridgehead atoms. The van der Waals surface area contributed by atoms with Crippen LogP contribution >= 0.6 is 15.9 Å². The molecule has 0 unspecified atom stereocenters. The molecule has 0 saturated heterocycles. The van der Waals surface area contributed by atoms with Crippen LogP contribution in [0.5, 0.6) is 5.75 Å². The van der Waals surface area contributed by atoms with E-state index in [0.29, 0.717) is 0 Å². The number of nitro benzene ring substituents is 1. The summed E-state index contributed by atoms with van der Waals surface area (Å²) in [5, 5.41) is 24.2. The van der Waals surface area contributed by atoms with E-state index in [9.17, 15) is 24.4 Å². The van der Waals surface area contributed by atoms with Gasteiger partial charge in [-0.25, -0.2) is 9.82 Å². The molecule has 0 aliphatic rings. The summed E-state index contributed by atoms with van der Waals surface area (Å²) < 4.78 is 12.9. The first-order valence-corrected chi connectivity index (χ1v) is 6.93. The normalized spacial score (nSPS) is 10.7. The lowest BCUT2D eigenvalue weighted by Gasteiger charge is -2.02. The average Bonchev–Trinajstić information content (AvgIpc) is 2.51. The molecule has 0 aliphatic heterocycles. The number of hydrazone groups is 1. The molecule has 2 rings (SSSR count). The standard InChI is InChI=1S/C14H9BrFN3O4/c15-12-6-11(19(22)23)5-9(13(12)20)7-17-18-14(21)8-1-3-10(16)4-2-8/h1-7,20H,(H,18,21). The number of aromatic hydroxyl groups is 1. The van der Waals surface area contributed by atoms with Crippen LogP contribution in [0, 0.1) is 15.9 Å². The summed E-state index contributed by atoms with van der Waals surface area (Å²) in [7, 11) is 0. The largest absolute Gasteiger partial charge is 0.506 e. The van der Waals surface area contributed by atoms with E-state index >= 15 is 0 Å². The molecular formula is C14H9BrFN3O4. The molecule has 0 radical (unpaired) electrons. The van der Waals surface area contributed by atoms with Crippen LogP contribution in [0.1, 0.15) is 15.9 Å². The molecule has 0 aromatic heterocycles. The van der Waals surface area contributed by atoms with Gasteiger partial charge in [0, 0.05) is 23.3 Å². The molecule has 0 atom stereocenters. The number of amides is 1. The lowest BCUT2D eigenvalue weighted by molar-refractivity contribution is -0.385. The Morgan fingerprint density at radius 2 is 2.00 bits per heavy atom. The van der Waals surface area contributed by atoms with Gasteiger partial charge in [-0.05, 0) is 40.2 Å². The third-order valence-corrected chi connectivity index (χ3v) is 3.37. The summed E-state index contributed by atoms with van der Waals surface area (Å²) in [4.78, 5) is 21.9. The predicted octanol–water partition coefficient (Wildman–Crippen LogP) is 2.97. The first-order valence-electron chi connectivity index (χ1n) is 6.14. The Bertz CT molecular complexity index is 793. The Morgan fingerprint density at radius 1 is 1.35 bits per heavy atom. The molecule has 9 heteroatoms. The number of phenolic OH excluding ortho intramolecular Hbond substituents is 1. The number of nitro groups is 1. The van der Waals surface area contributed by atoms with Gasteiger partial charge in [-0.1, -0.05) is 0 Å². The van der Waals surface area contributed by atoms with Gasteiger partial charge in [0.1, 0.15) is 11.6 Å². The number of non-ortho nitro benzene ring substituents is 1. The van der Waals surface area contributed by atoms with E-state index in [-0.39, 0.29) is 27.0 Å². The molecule has 2 aromatic carbocycles. The first kappa shape index (κ1) is 16.6. The SMILES string of the molecule is O=C(NN=Cc1cc([N+](=O)[O-])cc(Br)c1O)c1ccc(F)cc1. The zero-order valence-corrected chi connectivity index (χ0v) is 12.9. The van der Waals surface area contributed by atoms with Crippen LogP contribution < -0.4 is 5.43 Å². The number of rotatable bonds is 4. The minimum atomic E-state index is -0.626. The van der Waals surface area contributed by atoms with Crippen molar-refractivity contribution in [3.8, 4) is 5.75 Å². The van der Waals surface area contributed by atoms with Crippen molar-refractivity contribution in [2.45, 2.75) is 0 Å². The minimum absolute atomic E-state index is 0.0467. The third-order valence-electron chi connectivity index (χ3n) is 2.76. The molecule has 1 amide bonds. The van der Waals surface area contributed by atoms with E-state index in [0.717, 1.165) is 30.5 Å². The van der Waals surface area contributed by atoms with Crippen LogP contribution in [0.15, 0.2) is 46.0 Å². The molecule has 118 valence electrons. The van der Waals surface area contributed by atoms with Gasteiger partial charge >= 0.3 is 0 Å². The fourth-order valence-corrected chi connectivity index (χ4v) is 2.10. The summed E-state index contributed by atoms with van der Waals surface area (Å²) >= 11 is 2.99. The summed E-state index contributed by atoms with van der Waals surface area (Å²) in [5.74, 6) is -1.32. The van der Waals surface area contributed by atoms with E-state index in [1.54, 1.807) is 0 Å².